The summed E-state index contributed by atoms with van der Waals surface area (Å²) >= 11 is 0. The van der Waals surface area contributed by atoms with E-state index in [1.165, 1.54) is 6.07 Å². The summed E-state index contributed by atoms with van der Waals surface area (Å²) in [5, 5.41) is 10.8. The van der Waals surface area contributed by atoms with Crippen LogP contribution in [0.25, 0.3) is 0 Å². The van der Waals surface area contributed by atoms with E-state index in [-0.39, 0.29) is 24.1 Å². The number of nitrogens with two attached hydrogens (primary N) is 1. The van der Waals surface area contributed by atoms with Crippen LogP contribution >= 0.6 is 0 Å². The SMILES string of the molecule is N[C@@H]1CCN(C(=O)Cc2ccccc2[N+](=O)[O-])C1. The molecule has 0 aromatic heterocycles. The van der Waals surface area contributed by atoms with Crippen LogP contribution in [0, 0.1) is 10.1 Å². The lowest BCUT2D eigenvalue weighted by atomic mass is 10.1. The van der Waals surface area contributed by atoms with Crippen molar-refractivity contribution < 1.29 is 9.72 Å². The van der Waals surface area contributed by atoms with Crippen LogP contribution in [0.15, 0.2) is 24.3 Å². The molecule has 6 heteroatoms. The van der Waals surface area contributed by atoms with E-state index in [2.05, 4.69) is 0 Å². The molecule has 1 fully saturated rings. The summed E-state index contributed by atoms with van der Waals surface area (Å²) in [6.07, 6.45) is 0.854. The highest BCUT2D eigenvalue weighted by Crippen LogP contribution is 2.19. The number of carbonyl (C=O) groups is 1. The Balaban J connectivity index is 2.09. The van der Waals surface area contributed by atoms with Gasteiger partial charge in [-0.1, -0.05) is 18.2 Å². The van der Waals surface area contributed by atoms with E-state index in [0.29, 0.717) is 18.7 Å². The van der Waals surface area contributed by atoms with Crippen molar-refractivity contribution in [2.24, 2.45) is 5.73 Å². The van der Waals surface area contributed by atoms with Crippen molar-refractivity contribution in [2.75, 3.05) is 13.1 Å². The van der Waals surface area contributed by atoms with E-state index in [1.807, 2.05) is 0 Å². The van der Waals surface area contributed by atoms with Gasteiger partial charge in [0.25, 0.3) is 5.69 Å². The summed E-state index contributed by atoms with van der Waals surface area (Å²) in [5.41, 5.74) is 6.18. The molecule has 1 aliphatic heterocycles. The lowest BCUT2D eigenvalue weighted by Gasteiger charge is -2.15. The van der Waals surface area contributed by atoms with Gasteiger partial charge in [-0.15, -0.1) is 0 Å². The summed E-state index contributed by atoms with van der Waals surface area (Å²) in [6.45, 7) is 1.18. The molecular formula is C12H15N3O3. The molecule has 0 radical (unpaired) electrons. The predicted molar refractivity (Wildman–Crippen MR) is 66.0 cm³/mol. The number of para-hydroxylation sites is 1. The van der Waals surface area contributed by atoms with Crippen LogP contribution in [-0.4, -0.2) is 34.9 Å². The molecule has 2 N–H and O–H groups in total. The van der Waals surface area contributed by atoms with Gasteiger partial charge in [-0.05, 0) is 6.42 Å². The number of amides is 1. The summed E-state index contributed by atoms with van der Waals surface area (Å²) in [5.74, 6) is -0.0998. The second kappa shape index (κ2) is 5.14. The maximum absolute atomic E-state index is 12.0. The van der Waals surface area contributed by atoms with E-state index in [1.54, 1.807) is 23.1 Å². The molecule has 1 atom stereocenters. The molecule has 0 aliphatic carbocycles. The summed E-state index contributed by atoms with van der Waals surface area (Å²) in [4.78, 5) is 24.0. The molecule has 1 aliphatic rings. The molecule has 1 heterocycles. The smallest absolute Gasteiger partial charge is 0.273 e. The zero-order chi connectivity index (χ0) is 13.1. The van der Waals surface area contributed by atoms with E-state index < -0.39 is 4.92 Å². The molecule has 18 heavy (non-hydrogen) atoms. The van der Waals surface area contributed by atoms with E-state index in [9.17, 15) is 14.9 Å². The molecule has 1 saturated heterocycles. The number of carbonyl (C=O) groups excluding carboxylic acids is 1. The minimum absolute atomic E-state index is 0.00524. The number of nitro benzene ring substituents is 1. The number of nitrogens with zero attached hydrogens (tertiary/aromatic N) is 2. The average molecular weight is 249 g/mol. The summed E-state index contributed by atoms with van der Waals surface area (Å²) < 4.78 is 0. The van der Waals surface area contributed by atoms with Gasteiger partial charge in [-0.3, -0.25) is 14.9 Å². The van der Waals surface area contributed by atoms with Crippen molar-refractivity contribution in [3.8, 4) is 0 Å². The van der Waals surface area contributed by atoms with Gasteiger partial charge in [0.15, 0.2) is 0 Å². The van der Waals surface area contributed by atoms with Crippen molar-refractivity contribution in [1.82, 2.24) is 4.90 Å². The lowest BCUT2D eigenvalue weighted by Crippen LogP contribution is -2.33. The molecule has 2 rings (SSSR count). The first-order valence-corrected chi connectivity index (χ1v) is 5.83. The molecule has 1 amide bonds. The van der Waals surface area contributed by atoms with Gasteiger partial charge in [0.2, 0.25) is 5.91 Å². The molecule has 0 saturated carbocycles. The standard InChI is InChI=1S/C12H15N3O3/c13-10-5-6-14(8-10)12(16)7-9-3-1-2-4-11(9)15(17)18/h1-4,10H,5-8,13H2/t10-/m1/s1. The Morgan fingerprint density at radius 3 is 2.83 bits per heavy atom. The number of nitro groups is 1. The number of benzene rings is 1. The minimum Gasteiger partial charge on any atom is -0.341 e. The Labute approximate surface area is 105 Å². The second-order valence-electron chi connectivity index (χ2n) is 4.45. The van der Waals surface area contributed by atoms with Gasteiger partial charge in [-0.25, -0.2) is 0 Å². The third-order valence-corrected chi connectivity index (χ3v) is 3.11. The molecule has 96 valence electrons. The zero-order valence-corrected chi connectivity index (χ0v) is 9.91. The number of rotatable bonds is 3. The van der Waals surface area contributed by atoms with Crippen LogP contribution in [0.4, 0.5) is 5.69 Å². The first-order valence-electron chi connectivity index (χ1n) is 5.83. The van der Waals surface area contributed by atoms with Crippen molar-refractivity contribution in [3.05, 3.63) is 39.9 Å². The van der Waals surface area contributed by atoms with Gasteiger partial charge < -0.3 is 10.6 Å². The fraction of sp³-hybridized carbons (Fsp3) is 0.417. The Morgan fingerprint density at radius 2 is 2.22 bits per heavy atom. The average Bonchev–Trinajstić information content (AvgIpc) is 2.76. The van der Waals surface area contributed by atoms with Crippen molar-refractivity contribution in [3.63, 3.8) is 0 Å². The van der Waals surface area contributed by atoms with Gasteiger partial charge >= 0.3 is 0 Å². The molecular weight excluding hydrogens is 234 g/mol. The van der Waals surface area contributed by atoms with Crippen LogP contribution in [0.3, 0.4) is 0 Å². The topological polar surface area (TPSA) is 89.5 Å². The van der Waals surface area contributed by atoms with E-state index >= 15 is 0 Å². The van der Waals surface area contributed by atoms with Crippen LogP contribution in [0.1, 0.15) is 12.0 Å². The third kappa shape index (κ3) is 2.65. The quantitative estimate of drug-likeness (QED) is 0.630. The van der Waals surface area contributed by atoms with Crippen molar-refractivity contribution in [2.45, 2.75) is 18.9 Å². The van der Waals surface area contributed by atoms with Crippen LogP contribution in [-0.2, 0) is 11.2 Å². The molecule has 0 bridgehead atoms. The maximum atomic E-state index is 12.0. The normalized spacial score (nSPS) is 18.9. The Bertz CT molecular complexity index is 475. The van der Waals surface area contributed by atoms with Crippen LogP contribution in [0.5, 0.6) is 0 Å². The van der Waals surface area contributed by atoms with Gasteiger partial charge in [0, 0.05) is 30.8 Å². The van der Waals surface area contributed by atoms with E-state index in [0.717, 1.165) is 6.42 Å². The maximum Gasteiger partial charge on any atom is 0.273 e. The summed E-state index contributed by atoms with van der Waals surface area (Å²) in [7, 11) is 0. The highest BCUT2D eigenvalue weighted by atomic mass is 16.6. The molecule has 0 unspecified atom stereocenters. The minimum atomic E-state index is -0.460. The first kappa shape index (κ1) is 12.5. The van der Waals surface area contributed by atoms with Crippen molar-refractivity contribution in [1.29, 1.82) is 0 Å². The first-order chi connectivity index (χ1) is 8.58. The van der Waals surface area contributed by atoms with E-state index in [4.69, 9.17) is 5.73 Å². The Morgan fingerprint density at radius 1 is 1.50 bits per heavy atom. The number of likely N-dealkylation sites (tertiary alicyclic amines) is 1. The second-order valence-corrected chi connectivity index (χ2v) is 4.45. The number of hydrogen-bond acceptors (Lipinski definition) is 4. The Kier molecular flexibility index (Phi) is 3.57. The molecule has 1 aromatic carbocycles. The third-order valence-electron chi connectivity index (χ3n) is 3.11. The molecule has 6 nitrogen and oxygen atoms in total. The van der Waals surface area contributed by atoms with Gasteiger partial charge in [0.05, 0.1) is 11.3 Å². The number of hydrogen-bond donors (Lipinski definition) is 1. The summed E-state index contributed by atoms with van der Waals surface area (Å²) in [6, 6.07) is 6.35. The molecule has 0 spiro atoms. The lowest BCUT2D eigenvalue weighted by molar-refractivity contribution is -0.385. The van der Waals surface area contributed by atoms with Gasteiger partial charge in [0.1, 0.15) is 0 Å². The fourth-order valence-corrected chi connectivity index (χ4v) is 2.13. The zero-order valence-electron chi connectivity index (χ0n) is 9.91. The molecule has 1 aromatic rings. The highest BCUT2D eigenvalue weighted by molar-refractivity contribution is 5.80. The van der Waals surface area contributed by atoms with Gasteiger partial charge in [-0.2, -0.15) is 0 Å². The van der Waals surface area contributed by atoms with Crippen LogP contribution < -0.4 is 5.73 Å². The van der Waals surface area contributed by atoms with Crippen molar-refractivity contribution >= 4 is 11.6 Å². The highest BCUT2D eigenvalue weighted by Gasteiger charge is 2.25. The fourth-order valence-electron chi connectivity index (χ4n) is 2.13. The predicted octanol–water partition coefficient (Wildman–Crippen LogP) is 0.697. The largest absolute Gasteiger partial charge is 0.341 e. The Hall–Kier alpha value is -1.95. The monoisotopic (exact) mass is 249 g/mol. The van der Waals surface area contributed by atoms with Crippen LogP contribution in [0.2, 0.25) is 0 Å².